The molecule has 0 spiro atoms. The van der Waals surface area contributed by atoms with Crippen LogP contribution in [-0.4, -0.2) is 59.9 Å². The maximum Gasteiger partial charge on any atom is 0.416 e. The van der Waals surface area contributed by atoms with Gasteiger partial charge in [-0.2, -0.15) is 31.3 Å². The summed E-state index contributed by atoms with van der Waals surface area (Å²) in [4.78, 5) is 25.1. The van der Waals surface area contributed by atoms with Crippen LogP contribution in [0.4, 0.5) is 32.3 Å². The molecule has 1 amide bonds. The second-order valence-corrected chi connectivity index (χ2v) is 10.4. The lowest BCUT2D eigenvalue weighted by molar-refractivity contribution is -0.143. The van der Waals surface area contributed by atoms with Gasteiger partial charge in [-0.05, 0) is 76.0 Å². The van der Waals surface area contributed by atoms with Crippen LogP contribution in [0, 0.1) is 0 Å². The van der Waals surface area contributed by atoms with E-state index in [-0.39, 0.29) is 34.8 Å². The zero-order valence-corrected chi connectivity index (χ0v) is 23.5. The predicted octanol–water partition coefficient (Wildman–Crippen LogP) is 6.94. The molecule has 7 nitrogen and oxygen atoms in total. The standard InChI is InChI=1S/C27H28ClF6N5O2/c1-25(2,16-12-17(26(29,30)31)14-18(13-16)27(32,33)34)39(5)23(40)21-15-36-24(35-10-11-38(3)4)37-22(21)41-20-8-6-19(28)7-9-20/h6-9,12-15H,10-11H2,1-5H3,(H,35,36,37). The summed E-state index contributed by atoms with van der Waals surface area (Å²) in [6.07, 6.45) is -8.91. The number of halogens is 7. The number of aromatic nitrogens is 2. The summed E-state index contributed by atoms with van der Waals surface area (Å²) in [5.74, 6) is -0.565. The molecule has 0 saturated carbocycles. The third kappa shape index (κ3) is 8.00. The van der Waals surface area contributed by atoms with E-state index in [1.165, 1.54) is 39.2 Å². The van der Waals surface area contributed by atoms with E-state index in [4.69, 9.17) is 16.3 Å². The van der Waals surface area contributed by atoms with Crippen LogP contribution in [0.2, 0.25) is 5.02 Å². The Hall–Kier alpha value is -3.58. The third-order valence-electron chi connectivity index (χ3n) is 6.29. The van der Waals surface area contributed by atoms with Crippen molar-refractivity contribution in [1.29, 1.82) is 0 Å². The van der Waals surface area contributed by atoms with Gasteiger partial charge in [0.25, 0.3) is 5.91 Å². The van der Waals surface area contributed by atoms with E-state index in [1.807, 2.05) is 19.0 Å². The van der Waals surface area contributed by atoms with Crippen molar-refractivity contribution in [2.75, 3.05) is 39.5 Å². The van der Waals surface area contributed by atoms with Crippen molar-refractivity contribution in [3.63, 3.8) is 0 Å². The van der Waals surface area contributed by atoms with Gasteiger partial charge in [0.2, 0.25) is 11.8 Å². The number of rotatable bonds is 9. The van der Waals surface area contributed by atoms with Gasteiger partial charge in [-0.3, -0.25) is 4.79 Å². The molecule has 3 rings (SSSR count). The van der Waals surface area contributed by atoms with Crippen LogP contribution in [0.1, 0.15) is 40.9 Å². The first-order chi connectivity index (χ1) is 18.9. The summed E-state index contributed by atoms with van der Waals surface area (Å²) in [5.41, 5.74) is -5.16. The van der Waals surface area contributed by atoms with Crippen LogP contribution >= 0.6 is 11.6 Å². The first kappa shape index (κ1) is 31.9. The van der Waals surface area contributed by atoms with E-state index in [0.717, 1.165) is 4.90 Å². The Bertz CT molecular complexity index is 1350. The Morgan fingerprint density at radius 2 is 1.46 bits per heavy atom. The molecule has 41 heavy (non-hydrogen) atoms. The number of amides is 1. The maximum atomic E-state index is 13.7. The Kier molecular flexibility index (Phi) is 9.44. The topological polar surface area (TPSA) is 70.6 Å². The number of hydrogen-bond acceptors (Lipinski definition) is 6. The number of nitrogens with zero attached hydrogens (tertiary/aromatic N) is 4. The third-order valence-corrected chi connectivity index (χ3v) is 6.54. The average Bonchev–Trinajstić information content (AvgIpc) is 2.88. The first-order valence-electron chi connectivity index (χ1n) is 12.2. The van der Waals surface area contributed by atoms with Crippen molar-refractivity contribution in [3.8, 4) is 11.6 Å². The largest absolute Gasteiger partial charge is 0.438 e. The predicted molar refractivity (Wildman–Crippen MR) is 142 cm³/mol. The van der Waals surface area contributed by atoms with Crippen molar-refractivity contribution >= 4 is 23.5 Å². The van der Waals surface area contributed by atoms with Crippen LogP contribution in [-0.2, 0) is 17.9 Å². The quantitative estimate of drug-likeness (QED) is 0.267. The van der Waals surface area contributed by atoms with Crippen molar-refractivity contribution in [2.45, 2.75) is 31.7 Å². The second-order valence-electron chi connectivity index (χ2n) is 9.92. The molecule has 2 aromatic carbocycles. The minimum Gasteiger partial charge on any atom is -0.438 e. The van der Waals surface area contributed by atoms with Gasteiger partial charge < -0.3 is 19.9 Å². The Morgan fingerprint density at radius 1 is 0.927 bits per heavy atom. The lowest BCUT2D eigenvalue weighted by Crippen LogP contribution is -2.43. The molecular formula is C27H28ClF6N5O2. The fraction of sp³-hybridized carbons (Fsp3) is 0.370. The summed E-state index contributed by atoms with van der Waals surface area (Å²) in [7, 11) is 5.00. The van der Waals surface area contributed by atoms with E-state index >= 15 is 0 Å². The molecule has 0 radical (unpaired) electrons. The van der Waals surface area contributed by atoms with Gasteiger partial charge >= 0.3 is 12.4 Å². The number of alkyl halides is 6. The number of nitrogens with one attached hydrogen (secondary N) is 1. The molecule has 0 atom stereocenters. The van der Waals surface area contributed by atoms with E-state index in [1.54, 1.807) is 12.1 Å². The molecule has 1 heterocycles. The monoisotopic (exact) mass is 603 g/mol. The number of carbonyl (C=O) groups is 1. The Labute approximate surface area is 238 Å². The van der Waals surface area contributed by atoms with Gasteiger partial charge in [0, 0.05) is 31.4 Å². The molecular weight excluding hydrogens is 576 g/mol. The van der Waals surface area contributed by atoms with E-state index in [2.05, 4.69) is 15.3 Å². The highest BCUT2D eigenvalue weighted by Gasteiger charge is 2.40. The summed E-state index contributed by atoms with van der Waals surface area (Å²) in [5, 5.41) is 3.43. The van der Waals surface area contributed by atoms with Gasteiger partial charge in [-0.25, -0.2) is 4.98 Å². The zero-order chi connectivity index (χ0) is 30.8. The molecule has 222 valence electrons. The number of anilines is 1. The average molecular weight is 604 g/mol. The fourth-order valence-corrected chi connectivity index (χ4v) is 3.74. The molecule has 0 bridgehead atoms. The highest BCUT2D eigenvalue weighted by Crippen LogP contribution is 2.40. The molecule has 0 unspecified atom stereocenters. The zero-order valence-electron chi connectivity index (χ0n) is 22.8. The Balaban J connectivity index is 2.04. The van der Waals surface area contributed by atoms with Gasteiger partial charge in [-0.1, -0.05) is 11.6 Å². The fourth-order valence-electron chi connectivity index (χ4n) is 3.62. The second kappa shape index (κ2) is 12.1. The summed E-state index contributed by atoms with van der Waals surface area (Å²) in [6, 6.07) is 7.40. The van der Waals surface area contributed by atoms with Crippen LogP contribution in [0.5, 0.6) is 11.6 Å². The number of benzene rings is 2. The first-order valence-corrected chi connectivity index (χ1v) is 12.5. The SMILES string of the molecule is CN(C)CCNc1ncc(C(=O)N(C)C(C)(C)c2cc(C(F)(F)F)cc(C(F)(F)F)c2)c(Oc2ccc(Cl)cc2)n1. The minimum atomic E-state index is -5.04. The van der Waals surface area contributed by atoms with Crippen molar-refractivity contribution in [1.82, 2.24) is 19.8 Å². The van der Waals surface area contributed by atoms with Gasteiger partial charge in [0.15, 0.2) is 0 Å². The number of ether oxygens (including phenoxy) is 1. The molecule has 14 heteroatoms. The normalized spacial score (nSPS) is 12.4. The smallest absolute Gasteiger partial charge is 0.416 e. The minimum absolute atomic E-state index is 0.0370. The van der Waals surface area contributed by atoms with E-state index in [0.29, 0.717) is 30.2 Å². The lowest BCUT2D eigenvalue weighted by Gasteiger charge is -2.37. The molecule has 0 aliphatic carbocycles. The van der Waals surface area contributed by atoms with Crippen LogP contribution in [0.25, 0.3) is 0 Å². The molecule has 0 aliphatic rings. The lowest BCUT2D eigenvalue weighted by atomic mass is 9.89. The maximum absolute atomic E-state index is 13.7. The molecule has 1 aromatic heterocycles. The van der Waals surface area contributed by atoms with Gasteiger partial charge in [0.1, 0.15) is 11.3 Å². The molecule has 3 aromatic rings. The van der Waals surface area contributed by atoms with Gasteiger partial charge in [0.05, 0.1) is 16.7 Å². The summed E-state index contributed by atoms with van der Waals surface area (Å²) >= 11 is 5.94. The molecule has 1 N–H and O–H groups in total. The van der Waals surface area contributed by atoms with Crippen molar-refractivity contribution in [3.05, 3.63) is 75.9 Å². The molecule has 0 aliphatic heterocycles. The highest BCUT2D eigenvalue weighted by atomic mass is 35.5. The Morgan fingerprint density at radius 3 is 1.98 bits per heavy atom. The summed E-state index contributed by atoms with van der Waals surface area (Å²) in [6.45, 7) is 3.77. The van der Waals surface area contributed by atoms with Crippen LogP contribution in [0.3, 0.4) is 0 Å². The van der Waals surface area contributed by atoms with Crippen molar-refractivity contribution in [2.24, 2.45) is 0 Å². The number of carbonyl (C=O) groups excluding carboxylic acids is 1. The van der Waals surface area contributed by atoms with Crippen LogP contribution in [0.15, 0.2) is 48.7 Å². The molecule has 0 saturated heterocycles. The number of likely N-dealkylation sites (N-methyl/N-ethyl adjacent to an activating group) is 1. The highest BCUT2D eigenvalue weighted by molar-refractivity contribution is 6.30. The van der Waals surface area contributed by atoms with Crippen LogP contribution < -0.4 is 10.1 Å². The molecule has 0 fully saturated rings. The van der Waals surface area contributed by atoms with Gasteiger partial charge in [-0.15, -0.1) is 0 Å². The van der Waals surface area contributed by atoms with Crippen molar-refractivity contribution < 1.29 is 35.9 Å². The van der Waals surface area contributed by atoms with E-state index < -0.39 is 34.9 Å². The summed E-state index contributed by atoms with van der Waals surface area (Å²) < 4.78 is 86.9. The number of hydrogen-bond donors (Lipinski definition) is 1. The van der Waals surface area contributed by atoms with E-state index in [9.17, 15) is 31.1 Å².